The second-order valence-electron chi connectivity index (χ2n) is 2.68. The molecule has 1 heterocycles. The van der Waals surface area contributed by atoms with E-state index in [-0.39, 0.29) is 5.82 Å². The molecule has 1 rings (SSSR count). The van der Waals surface area contributed by atoms with E-state index in [0.717, 1.165) is 13.0 Å². The van der Waals surface area contributed by atoms with Gasteiger partial charge in [0.25, 0.3) is 0 Å². The second kappa shape index (κ2) is 5.16. The highest BCUT2D eigenvalue weighted by Crippen LogP contribution is 2.02. The van der Waals surface area contributed by atoms with Crippen molar-refractivity contribution in [3.8, 4) is 0 Å². The van der Waals surface area contributed by atoms with E-state index in [0.29, 0.717) is 5.82 Å². The third kappa shape index (κ3) is 2.69. The normalized spacial score (nSPS) is 9.57. The van der Waals surface area contributed by atoms with Crippen LogP contribution in [0, 0.1) is 0 Å². The van der Waals surface area contributed by atoms with E-state index in [2.05, 4.69) is 26.9 Å². The number of hydrogen-bond acceptors (Lipinski definition) is 5. The topological polar surface area (TPSA) is 64.1 Å². The predicted octanol–water partition coefficient (Wildman–Crippen LogP) is 1.09. The summed E-state index contributed by atoms with van der Waals surface area (Å²) in [6, 6.07) is 1.71. The molecule has 0 atom stereocenters. The summed E-state index contributed by atoms with van der Waals surface area (Å²) in [4.78, 5) is 18.8. The molecular weight excluding hydrogens is 182 g/mol. The van der Waals surface area contributed by atoms with Gasteiger partial charge in [-0.1, -0.05) is 6.92 Å². The van der Waals surface area contributed by atoms with Crippen molar-refractivity contribution in [2.75, 3.05) is 19.0 Å². The average Bonchev–Trinajstić information content (AvgIpc) is 2.25. The molecule has 0 spiro atoms. The van der Waals surface area contributed by atoms with Gasteiger partial charge in [0.15, 0.2) is 0 Å². The zero-order chi connectivity index (χ0) is 10.4. The van der Waals surface area contributed by atoms with E-state index in [1.165, 1.54) is 13.3 Å². The first-order chi connectivity index (χ1) is 6.77. The number of ether oxygens (including phenoxy) is 1. The Balaban J connectivity index is 2.73. The minimum Gasteiger partial charge on any atom is -0.463 e. The number of carbonyl (C=O) groups is 1. The summed E-state index contributed by atoms with van der Waals surface area (Å²) in [5, 5.41) is 3.05. The molecule has 5 nitrogen and oxygen atoms in total. The molecule has 0 unspecified atom stereocenters. The summed E-state index contributed by atoms with van der Waals surface area (Å²) in [7, 11) is 1.30. The average molecular weight is 195 g/mol. The molecule has 0 fully saturated rings. The fourth-order valence-electron chi connectivity index (χ4n) is 0.900. The molecule has 0 bridgehead atoms. The van der Waals surface area contributed by atoms with E-state index < -0.39 is 5.97 Å². The van der Waals surface area contributed by atoms with Gasteiger partial charge in [-0.25, -0.2) is 14.8 Å². The molecule has 0 saturated heterocycles. The van der Waals surface area contributed by atoms with Gasteiger partial charge in [-0.15, -0.1) is 0 Å². The van der Waals surface area contributed by atoms with E-state index >= 15 is 0 Å². The molecule has 0 radical (unpaired) electrons. The van der Waals surface area contributed by atoms with Crippen LogP contribution in [0.2, 0.25) is 0 Å². The molecule has 0 aliphatic heterocycles. The van der Waals surface area contributed by atoms with Gasteiger partial charge in [-0.05, 0) is 12.5 Å². The van der Waals surface area contributed by atoms with Crippen LogP contribution < -0.4 is 5.32 Å². The number of nitrogens with zero attached hydrogens (tertiary/aromatic N) is 2. The molecule has 0 aliphatic carbocycles. The Kier molecular flexibility index (Phi) is 3.84. The lowest BCUT2D eigenvalue weighted by atomic mass is 10.4. The Labute approximate surface area is 82.5 Å². The fourth-order valence-corrected chi connectivity index (χ4v) is 0.900. The molecule has 1 aromatic heterocycles. The fraction of sp³-hybridized carbons (Fsp3) is 0.444. The van der Waals surface area contributed by atoms with Gasteiger partial charge in [0.05, 0.1) is 7.11 Å². The summed E-state index contributed by atoms with van der Waals surface area (Å²) < 4.78 is 4.50. The lowest BCUT2D eigenvalue weighted by Gasteiger charge is -2.03. The summed E-state index contributed by atoms with van der Waals surface area (Å²) in [6.07, 6.45) is 2.52. The Hall–Kier alpha value is -1.65. The van der Waals surface area contributed by atoms with Crippen molar-refractivity contribution in [1.29, 1.82) is 0 Å². The highest BCUT2D eigenvalue weighted by Gasteiger charge is 2.08. The number of esters is 1. The van der Waals surface area contributed by atoms with Crippen LogP contribution in [0.15, 0.2) is 12.3 Å². The van der Waals surface area contributed by atoms with Gasteiger partial charge >= 0.3 is 5.97 Å². The minimum atomic E-state index is -0.523. The Morgan fingerprint density at radius 1 is 1.64 bits per heavy atom. The smallest absolute Gasteiger partial charge is 0.376 e. The molecule has 0 amide bonds. The van der Waals surface area contributed by atoms with Crippen LogP contribution in [0.3, 0.4) is 0 Å². The quantitative estimate of drug-likeness (QED) is 0.728. The van der Waals surface area contributed by atoms with E-state index in [1.807, 2.05) is 0 Å². The first-order valence-electron chi connectivity index (χ1n) is 4.43. The van der Waals surface area contributed by atoms with Crippen molar-refractivity contribution < 1.29 is 9.53 Å². The third-order valence-electron chi connectivity index (χ3n) is 1.58. The molecular formula is C9H13N3O2. The predicted molar refractivity (Wildman–Crippen MR) is 52.2 cm³/mol. The Bertz CT molecular complexity index is 315. The molecule has 76 valence electrons. The zero-order valence-electron chi connectivity index (χ0n) is 8.28. The molecule has 5 heteroatoms. The van der Waals surface area contributed by atoms with E-state index in [9.17, 15) is 4.79 Å². The van der Waals surface area contributed by atoms with Crippen molar-refractivity contribution >= 4 is 11.8 Å². The molecule has 0 aliphatic rings. The van der Waals surface area contributed by atoms with Gasteiger partial charge in [-0.3, -0.25) is 0 Å². The largest absolute Gasteiger partial charge is 0.463 e. The SMILES string of the molecule is CCCNc1ccnc(C(=O)OC)n1. The number of hydrogen-bond donors (Lipinski definition) is 1. The monoisotopic (exact) mass is 195 g/mol. The summed E-state index contributed by atoms with van der Waals surface area (Å²) >= 11 is 0. The van der Waals surface area contributed by atoms with Crippen LogP contribution in [-0.4, -0.2) is 29.6 Å². The van der Waals surface area contributed by atoms with E-state index in [4.69, 9.17) is 0 Å². The minimum absolute atomic E-state index is 0.0774. The molecule has 0 saturated carbocycles. The zero-order valence-corrected chi connectivity index (χ0v) is 8.28. The Morgan fingerprint density at radius 2 is 2.43 bits per heavy atom. The van der Waals surface area contributed by atoms with Gasteiger partial charge in [0.1, 0.15) is 5.82 Å². The van der Waals surface area contributed by atoms with Gasteiger partial charge in [0.2, 0.25) is 5.82 Å². The van der Waals surface area contributed by atoms with Crippen molar-refractivity contribution in [1.82, 2.24) is 9.97 Å². The number of nitrogens with one attached hydrogen (secondary N) is 1. The van der Waals surface area contributed by atoms with Gasteiger partial charge in [-0.2, -0.15) is 0 Å². The number of methoxy groups -OCH3 is 1. The van der Waals surface area contributed by atoms with Crippen molar-refractivity contribution in [2.24, 2.45) is 0 Å². The lowest BCUT2D eigenvalue weighted by Crippen LogP contribution is -2.10. The number of anilines is 1. The van der Waals surface area contributed by atoms with Crippen molar-refractivity contribution in [3.05, 3.63) is 18.1 Å². The van der Waals surface area contributed by atoms with Crippen LogP contribution in [-0.2, 0) is 4.74 Å². The van der Waals surface area contributed by atoms with Crippen molar-refractivity contribution in [3.63, 3.8) is 0 Å². The summed E-state index contributed by atoms with van der Waals surface area (Å²) in [5.41, 5.74) is 0. The summed E-state index contributed by atoms with van der Waals surface area (Å²) in [5.74, 6) is 0.195. The number of carbonyl (C=O) groups excluding carboxylic acids is 1. The van der Waals surface area contributed by atoms with E-state index in [1.54, 1.807) is 6.07 Å². The maximum absolute atomic E-state index is 11.1. The molecule has 0 aromatic carbocycles. The van der Waals surface area contributed by atoms with Crippen LogP contribution in [0.1, 0.15) is 24.0 Å². The lowest BCUT2D eigenvalue weighted by molar-refractivity contribution is 0.0587. The second-order valence-corrected chi connectivity index (χ2v) is 2.68. The first-order valence-corrected chi connectivity index (χ1v) is 4.43. The first kappa shape index (κ1) is 10.4. The number of rotatable bonds is 4. The number of aromatic nitrogens is 2. The standard InChI is InChI=1S/C9H13N3O2/c1-3-5-10-7-4-6-11-8(12-7)9(13)14-2/h4,6H,3,5H2,1-2H3,(H,10,11,12). The van der Waals surface area contributed by atoms with Crippen LogP contribution in [0.4, 0.5) is 5.82 Å². The van der Waals surface area contributed by atoms with Crippen LogP contribution >= 0.6 is 0 Å². The molecule has 1 aromatic rings. The van der Waals surface area contributed by atoms with Crippen LogP contribution in [0.25, 0.3) is 0 Å². The molecule has 1 N–H and O–H groups in total. The van der Waals surface area contributed by atoms with Gasteiger partial charge in [0, 0.05) is 12.7 Å². The van der Waals surface area contributed by atoms with Crippen LogP contribution in [0.5, 0.6) is 0 Å². The highest BCUT2D eigenvalue weighted by molar-refractivity contribution is 5.85. The third-order valence-corrected chi connectivity index (χ3v) is 1.58. The maximum atomic E-state index is 11.1. The van der Waals surface area contributed by atoms with Crippen molar-refractivity contribution in [2.45, 2.75) is 13.3 Å². The Morgan fingerprint density at radius 3 is 3.07 bits per heavy atom. The molecule has 14 heavy (non-hydrogen) atoms. The summed E-state index contributed by atoms with van der Waals surface area (Å²) in [6.45, 7) is 2.87. The maximum Gasteiger partial charge on any atom is 0.376 e. The van der Waals surface area contributed by atoms with Gasteiger partial charge < -0.3 is 10.1 Å². The highest BCUT2D eigenvalue weighted by atomic mass is 16.5.